The molecule has 6 heteroatoms. The molecule has 1 heterocycles. The molecule has 1 saturated carbocycles. The highest BCUT2D eigenvalue weighted by Crippen LogP contribution is 2.28. The molecule has 1 amide bonds. The number of rotatable bonds is 7. The summed E-state index contributed by atoms with van der Waals surface area (Å²) in [6, 6.07) is 10.3. The zero-order valence-electron chi connectivity index (χ0n) is 16.1. The van der Waals surface area contributed by atoms with Crippen LogP contribution in [0.25, 0.3) is 11.4 Å². The van der Waals surface area contributed by atoms with Crippen LogP contribution in [0, 0.1) is 5.92 Å². The number of carbonyl (C=O) groups is 1. The maximum atomic E-state index is 12.7. The fourth-order valence-electron chi connectivity index (χ4n) is 3.51. The van der Waals surface area contributed by atoms with Crippen LogP contribution in [0.15, 0.2) is 48.1 Å². The molecule has 1 aliphatic carbocycles. The first-order valence-corrected chi connectivity index (χ1v) is 10.5. The van der Waals surface area contributed by atoms with Crippen molar-refractivity contribution in [2.24, 2.45) is 5.92 Å². The van der Waals surface area contributed by atoms with Crippen LogP contribution in [-0.2, 0) is 11.3 Å². The maximum absolute atomic E-state index is 12.7. The third-order valence-electron chi connectivity index (χ3n) is 5.15. The molecule has 1 fully saturated rings. The molecule has 3 atom stereocenters. The second-order valence-corrected chi connectivity index (χ2v) is 8.52. The molecule has 0 spiro atoms. The number of hydrogen-bond acceptors (Lipinski definition) is 4. The summed E-state index contributed by atoms with van der Waals surface area (Å²) in [7, 11) is 0. The van der Waals surface area contributed by atoms with E-state index < -0.39 is 0 Å². The lowest BCUT2D eigenvalue weighted by atomic mass is 9.86. The predicted octanol–water partition coefficient (Wildman–Crippen LogP) is 4.31. The second-order valence-electron chi connectivity index (χ2n) is 7.21. The number of nitrogens with zero attached hydrogens (tertiary/aromatic N) is 3. The summed E-state index contributed by atoms with van der Waals surface area (Å²) in [6.45, 7) is 8.62. The van der Waals surface area contributed by atoms with Crippen molar-refractivity contribution in [1.29, 1.82) is 0 Å². The highest BCUT2D eigenvalue weighted by molar-refractivity contribution is 8.00. The fourth-order valence-corrected chi connectivity index (χ4v) is 4.38. The lowest BCUT2D eigenvalue weighted by Gasteiger charge is -2.30. The van der Waals surface area contributed by atoms with Crippen LogP contribution in [0.3, 0.4) is 0 Å². The molecule has 1 N–H and O–H groups in total. The van der Waals surface area contributed by atoms with Crippen LogP contribution in [0.4, 0.5) is 0 Å². The van der Waals surface area contributed by atoms with Gasteiger partial charge in [0.2, 0.25) is 5.91 Å². The highest BCUT2D eigenvalue weighted by atomic mass is 32.2. The van der Waals surface area contributed by atoms with E-state index in [-0.39, 0.29) is 11.2 Å². The van der Waals surface area contributed by atoms with Crippen molar-refractivity contribution in [3.63, 3.8) is 0 Å². The van der Waals surface area contributed by atoms with Gasteiger partial charge in [0.25, 0.3) is 0 Å². The molecule has 1 aromatic carbocycles. The van der Waals surface area contributed by atoms with Gasteiger partial charge in [0.15, 0.2) is 11.0 Å². The minimum Gasteiger partial charge on any atom is -0.352 e. The summed E-state index contributed by atoms with van der Waals surface area (Å²) in [6.07, 6.45) is 6.57. The number of nitrogens with one attached hydrogen (secondary N) is 1. The SMILES string of the molecule is C=CCn1c(S[C@H](C)C(=O)N[C@H]2CCCC[C@H]2C)nnc1-c1ccccc1. The van der Waals surface area contributed by atoms with Crippen molar-refractivity contribution in [1.82, 2.24) is 20.1 Å². The Morgan fingerprint density at radius 2 is 2.07 bits per heavy atom. The number of amides is 1. The van der Waals surface area contributed by atoms with Gasteiger partial charge in [0.1, 0.15) is 0 Å². The van der Waals surface area contributed by atoms with Crippen molar-refractivity contribution in [2.45, 2.75) is 62.5 Å². The van der Waals surface area contributed by atoms with Crippen molar-refractivity contribution in [3.05, 3.63) is 43.0 Å². The monoisotopic (exact) mass is 384 g/mol. The van der Waals surface area contributed by atoms with Crippen molar-refractivity contribution < 1.29 is 4.79 Å². The summed E-state index contributed by atoms with van der Waals surface area (Å²) in [5, 5.41) is 12.5. The normalized spacial score (nSPS) is 20.8. The van der Waals surface area contributed by atoms with Crippen LogP contribution in [0.5, 0.6) is 0 Å². The third kappa shape index (κ3) is 4.80. The van der Waals surface area contributed by atoms with E-state index >= 15 is 0 Å². The Balaban J connectivity index is 1.71. The molecular weight excluding hydrogens is 356 g/mol. The lowest BCUT2D eigenvalue weighted by Crippen LogP contribution is -2.44. The first-order chi connectivity index (χ1) is 13.1. The molecule has 27 heavy (non-hydrogen) atoms. The van der Waals surface area contributed by atoms with Crippen LogP contribution < -0.4 is 5.32 Å². The van der Waals surface area contributed by atoms with E-state index in [0.717, 1.165) is 23.0 Å². The van der Waals surface area contributed by atoms with Crippen LogP contribution in [0.2, 0.25) is 0 Å². The van der Waals surface area contributed by atoms with Crippen molar-refractivity contribution in [2.75, 3.05) is 0 Å². The average molecular weight is 385 g/mol. The van der Waals surface area contributed by atoms with Crippen LogP contribution in [-0.4, -0.2) is 32.0 Å². The molecule has 2 aromatic rings. The van der Waals surface area contributed by atoms with Gasteiger partial charge in [-0.25, -0.2) is 0 Å². The summed E-state index contributed by atoms with van der Waals surface area (Å²) in [5.74, 6) is 1.42. The Labute approximate surface area is 165 Å². The van der Waals surface area contributed by atoms with E-state index in [4.69, 9.17) is 0 Å². The molecule has 0 aliphatic heterocycles. The number of hydrogen-bond donors (Lipinski definition) is 1. The Morgan fingerprint density at radius 1 is 1.33 bits per heavy atom. The topological polar surface area (TPSA) is 59.8 Å². The molecule has 0 unspecified atom stereocenters. The summed E-state index contributed by atoms with van der Waals surface area (Å²) in [5.41, 5.74) is 1.01. The molecule has 1 aliphatic rings. The largest absolute Gasteiger partial charge is 0.352 e. The fraction of sp³-hybridized carbons (Fsp3) is 0.476. The number of benzene rings is 1. The standard InChI is InChI=1S/C21H28N4OS/c1-4-14-25-19(17-11-6-5-7-12-17)23-24-21(25)27-16(3)20(26)22-18-13-9-8-10-15(18)2/h4-7,11-12,15-16,18H,1,8-10,13-14H2,2-3H3,(H,22,26)/t15-,16-,18+/m1/s1. The van der Waals surface area contributed by atoms with Gasteiger partial charge in [0.05, 0.1) is 5.25 Å². The van der Waals surface area contributed by atoms with E-state index in [1.165, 1.54) is 31.0 Å². The van der Waals surface area contributed by atoms with E-state index in [9.17, 15) is 4.79 Å². The van der Waals surface area contributed by atoms with Gasteiger partial charge in [-0.1, -0.05) is 67.9 Å². The van der Waals surface area contributed by atoms with Crippen LogP contribution >= 0.6 is 11.8 Å². The van der Waals surface area contributed by atoms with Gasteiger partial charge in [0, 0.05) is 18.2 Å². The summed E-state index contributed by atoms with van der Waals surface area (Å²) >= 11 is 1.45. The molecule has 0 bridgehead atoms. The predicted molar refractivity (Wildman–Crippen MR) is 111 cm³/mol. The minimum absolute atomic E-state index is 0.0770. The van der Waals surface area contributed by atoms with Crippen molar-refractivity contribution >= 4 is 17.7 Å². The van der Waals surface area contributed by atoms with Crippen molar-refractivity contribution in [3.8, 4) is 11.4 Å². The Kier molecular flexibility index (Phi) is 6.72. The van der Waals surface area contributed by atoms with E-state index in [1.54, 1.807) is 0 Å². The molecule has 0 radical (unpaired) electrons. The minimum atomic E-state index is -0.226. The van der Waals surface area contributed by atoms with Gasteiger partial charge >= 0.3 is 0 Å². The number of allylic oxidation sites excluding steroid dienone is 1. The third-order valence-corrected chi connectivity index (χ3v) is 6.23. The molecule has 0 saturated heterocycles. The number of carbonyl (C=O) groups excluding carboxylic acids is 1. The average Bonchev–Trinajstić information content (AvgIpc) is 3.07. The summed E-state index contributed by atoms with van der Waals surface area (Å²) < 4.78 is 2.01. The van der Waals surface area contributed by atoms with Gasteiger partial charge in [-0.05, 0) is 25.7 Å². The number of aromatic nitrogens is 3. The second kappa shape index (κ2) is 9.22. The molecule has 144 valence electrons. The first kappa shape index (κ1) is 19.7. The quantitative estimate of drug-likeness (QED) is 0.571. The molecular formula is C21H28N4OS. The zero-order valence-corrected chi connectivity index (χ0v) is 16.9. The van der Waals surface area contributed by atoms with Gasteiger partial charge in [-0.3, -0.25) is 9.36 Å². The van der Waals surface area contributed by atoms with Gasteiger partial charge in [-0.15, -0.1) is 16.8 Å². The lowest BCUT2D eigenvalue weighted by molar-refractivity contribution is -0.121. The molecule has 1 aromatic heterocycles. The van der Waals surface area contributed by atoms with E-state index in [2.05, 4.69) is 29.0 Å². The first-order valence-electron chi connectivity index (χ1n) is 9.66. The van der Waals surface area contributed by atoms with E-state index in [0.29, 0.717) is 18.5 Å². The van der Waals surface area contributed by atoms with Crippen LogP contribution in [0.1, 0.15) is 39.5 Å². The van der Waals surface area contributed by atoms with Gasteiger partial charge < -0.3 is 5.32 Å². The zero-order chi connectivity index (χ0) is 19.2. The van der Waals surface area contributed by atoms with E-state index in [1.807, 2.05) is 47.9 Å². The van der Waals surface area contributed by atoms with Gasteiger partial charge in [-0.2, -0.15) is 0 Å². The summed E-state index contributed by atoms with van der Waals surface area (Å²) in [4.78, 5) is 12.7. The maximum Gasteiger partial charge on any atom is 0.233 e. The Bertz CT molecular complexity index is 774. The highest BCUT2D eigenvalue weighted by Gasteiger charge is 2.26. The molecule has 5 nitrogen and oxygen atoms in total. The smallest absolute Gasteiger partial charge is 0.233 e. The Morgan fingerprint density at radius 3 is 2.78 bits per heavy atom. The molecule has 3 rings (SSSR count). The number of thioether (sulfide) groups is 1. The Hall–Kier alpha value is -2.08.